The standard InChI is InChI=1S/C20H24N2O2S/c1-4-16-5-7-17(8-6-16)14(2)21-20(24)13-25-19-11-9-18(10-12-19)22-15(3)23/h5-12,14H,4,13H2,1-3H3,(H,21,24)(H,22,23). The van der Waals surface area contributed by atoms with Crippen molar-refractivity contribution >= 4 is 29.3 Å². The zero-order valence-corrected chi connectivity index (χ0v) is 15.7. The van der Waals surface area contributed by atoms with Gasteiger partial charge in [-0.2, -0.15) is 0 Å². The van der Waals surface area contributed by atoms with Crippen molar-refractivity contribution in [1.82, 2.24) is 5.32 Å². The predicted molar refractivity (Wildman–Crippen MR) is 104 cm³/mol. The summed E-state index contributed by atoms with van der Waals surface area (Å²) in [6, 6.07) is 15.8. The molecular weight excluding hydrogens is 332 g/mol. The molecule has 0 spiro atoms. The van der Waals surface area contributed by atoms with E-state index in [1.165, 1.54) is 24.2 Å². The first kappa shape index (κ1) is 19.1. The van der Waals surface area contributed by atoms with Crippen LogP contribution in [0.15, 0.2) is 53.4 Å². The second kappa shape index (κ2) is 9.28. The van der Waals surface area contributed by atoms with Crippen LogP contribution in [0.25, 0.3) is 0 Å². The van der Waals surface area contributed by atoms with Crippen LogP contribution < -0.4 is 10.6 Å². The van der Waals surface area contributed by atoms with Crippen molar-refractivity contribution in [3.05, 3.63) is 59.7 Å². The van der Waals surface area contributed by atoms with Gasteiger partial charge in [0.15, 0.2) is 0 Å². The van der Waals surface area contributed by atoms with Crippen molar-refractivity contribution in [3.63, 3.8) is 0 Å². The normalized spacial score (nSPS) is 11.6. The molecule has 0 aliphatic carbocycles. The third-order valence-electron chi connectivity index (χ3n) is 3.81. The van der Waals surface area contributed by atoms with Crippen molar-refractivity contribution in [2.24, 2.45) is 0 Å². The molecule has 132 valence electrons. The van der Waals surface area contributed by atoms with E-state index in [2.05, 4.69) is 41.8 Å². The summed E-state index contributed by atoms with van der Waals surface area (Å²) >= 11 is 1.47. The Morgan fingerprint density at radius 2 is 1.68 bits per heavy atom. The number of amides is 2. The molecule has 4 nitrogen and oxygen atoms in total. The van der Waals surface area contributed by atoms with E-state index in [9.17, 15) is 9.59 Å². The Kier molecular flexibility index (Phi) is 7.07. The lowest BCUT2D eigenvalue weighted by molar-refractivity contribution is -0.119. The van der Waals surface area contributed by atoms with Crippen molar-refractivity contribution < 1.29 is 9.59 Å². The molecule has 0 aliphatic heterocycles. The van der Waals surface area contributed by atoms with Gasteiger partial charge < -0.3 is 10.6 Å². The number of carbonyl (C=O) groups is 2. The number of hydrogen-bond acceptors (Lipinski definition) is 3. The number of rotatable bonds is 7. The maximum Gasteiger partial charge on any atom is 0.230 e. The maximum absolute atomic E-state index is 12.1. The molecule has 0 saturated carbocycles. The lowest BCUT2D eigenvalue weighted by Crippen LogP contribution is -2.28. The molecule has 2 amide bonds. The molecule has 0 heterocycles. The van der Waals surface area contributed by atoms with Gasteiger partial charge in [-0.05, 0) is 48.7 Å². The Hall–Kier alpha value is -2.27. The van der Waals surface area contributed by atoms with Crippen molar-refractivity contribution in [1.29, 1.82) is 0 Å². The first-order valence-electron chi connectivity index (χ1n) is 8.36. The summed E-state index contributed by atoms with van der Waals surface area (Å²) in [7, 11) is 0. The van der Waals surface area contributed by atoms with Gasteiger partial charge in [-0.15, -0.1) is 11.8 Å². The summed E-state index contributed by atoms with van der Waals surface area (Å²) in [4.78, 5) is 24.1. The molecule has 0 bridgehead atoms. The SMILES string of the molecule is CCc1ccc(C(C)NC(=O)CSc2ccc(NC(C)=O)cc2)cc1. The predicted octanol–water partition coefficient (Wildman–Crippen LogP) is 4.18. The van der Waals surface area contributed by atoms with Crippen LogP contribution in [-0.4, -0.2) is 17.6 Å². The molecule has 0 aliphatic rings. The van der Waals surface area contributed by atoms with E-state index >= 15 is 0 Å². The highest BCUT2D eigenvalue weighted by Gasteiger charge is 2.10. The van der Waals surface area contributed by atoms with E-state index in [4.69, 9.17) is 0 Å². The molecule has 2 rings (SSSR count). The molecule has 0 radical (unpaired) electrons. The fourth-order valence-corrected chi connectivity index (χ4v) is 3.10. The van der Waals surface area contributed by atoms with Gasteiger partial charge in [0.1, 0.15) is 0 Å². The minimum atomic E-state index is -0.0965. The number of thioether (sulfide) groups is 1. The summed E-state index contributed by atoms with van der Waals surface area (Å²) in [6.07, 6.45) is 1.01. The largest absolute Gasteiger partial charge is 0.349 e. The van der Waals surface area contributed by atoms with E-state index in [1.807, 2.05) is 31.2 Å². The number of nitrogens with one attached hydrogen (secondary N) is 2. The van der Waals surface area contributed by atoms with Crippen molar-refractivity contribution in [2.75, 3.05) is 11.1 Å². The van der Waals surface area contributed by atoms with E-state index in [0.717, 1.165) is 22.6 Å². The quantitative estimate of drug-likeness (QED) is 0.732. The first-order valence-corrected chi connectivity index (χ1v) is 9.35. The second-order valence-electron chi connectivity index (χ2n) is 5.88. The summed E-state index contributed by atoms with van der Waals surface area (Å²) < 4.78 is 0. The lowest BCUT2D eigenvalue weighted by atomic mass is 10.1. The number of carbonyl (C=O) groups excluding carboxylic acids is 2. The highest BCUT2D eigenvalue weighted by Crippen LogP contribution is 2.21. The molecule has 2 aromatic carbocycles. The fourth-order valence-electron chi connectivity index (χ4n) is 2.40. The van der Waals surface area contributed by atoms with Crippen LogP contribution >= 0.6 is 11.8 Å². The topological polar surface area (TPSA) is 58.2 Å². The Bertz CT molecular complexity index is 711. The van der Waals surface area contributed by atoms with Gasteiger partial charge in [-0.3, -0.25) is 9.59 Å². The summed E-state index contributed by atoms with van der Waals surface area (Å²) in [6.45, 7) is 5.59. The highest BCUT2D eigenvalue weighted by molar-refractivity contribution is 8.00. The van der Waals surface area contributed by atoms with Crippen LogP contribution in [0.5, 0.6) is 0 Å². The molecule has 5 heteroatoms. The van der Waals surface area contributed by atoms with Crippen LogP contribution in [-0.2, 0) is 16.0 Å². The summed E-state index contributed by atoms with van der Waals surface area (Å²) in [5.41, 5.74) is 3.15. The van der Waals surface area contributed by atoms with Crippen LogP contribution in [0.2, 0.25) is 0 Å². The Morgan fingerprint density at radius 3 is 2.24 bits per heavy atom. The molecule has 1 unspecified atom stereocenters. The van der Waals surface area contributed by atoms with Gasteiger partial charge in [0.25, 0.3) is 0 Å². The monoisotopic (exact) mass is 356 g/mol. The fraction of sp³-hybridized carbons (Fsp3) is 0.300. The van der Waals surface area contributed by atoms with Crippen LogP contribution in [0.1, 0.15) is 37.9 Å². The summed E-state index contributed by atoms with van der Waals surface area (Å²) in [5.74, 6) is 0.264. The van der Waals surface area contributed by atoms with Gasteiger partial charge in [0.2, 0.25) is 11.8 Å². The van der Waals surface area contributed by atoms with Crippen LogP contribution in [0.3, 0.4) is 0 Å². The second-order valence-corrected chi connectivity index (χ2v) is 6.93. The average Bonchev–Trinajstić information content (AvgIpc) is 2.60. The number of benzene rings is 2. The van der Waals surface area contributed by atoms with Crippen LogP contribution in [0, 0.1) is 0 Å². The van der Waals surface area contributed by atoms with Gasteiger partial charge >= 0.3 is 0 Å². The molecule has 0 aromatic heterocycles. The van der Waals surface area contributed by atoms with Gasteiger partial charge in [0, 0.05) is 17.5 Å². The van der Waals surface area contributed by atoms with Crippen molar-refractivity contribution in [3.8, 4) is 0 Å². The van der Waals surface area contributed by atoms with Gasteiger partial charge in [-0.25, -0.2) is 0 Å². The Morgan fingerprint density at radius 1 is 1.04 bits per heavy atom. The van der Waals surface area contributed by atoms with Gasteiger partial charge in [-0.1, -0.05) is 31.2 Å². The van der Waals surface area contributed by atoms with Crippen LogP contribution in [0.4, 0.5) is 5.69 Å². The highest BCUT2D eigenvalue weighted by atomic mass is 32.2. The minimum absolute atomic E-state index is 0.00278. The maximum atomic E-state index is 12.1. The molecule has 1 atom stereocenters. The van der Waals surface area contributed by atoms with E-state index in [-0.39, 0.29) is 17.9 Å². The van der Waals surface area contributed by atoms with E-state index in [1.54, 1.807) is 0 Å². The molecule has 2 aromatic rings. The smallest absolute Gasteiger partial charge is 0.230 e. The lowest BCUT2D eigenvalue weighted by Gasteiger charge is -2.14. The third kappa shape index (κ3) is 6.27. The van der Waals surface area contributed by atoms with E-state index in [0.29, 0.717) is 5.75 Å². The minimum Gasteiger partial charge on any atom is -0.349 e. The Balaban J connectivity index is 1.82. The molecule has 0 saturated heterocycles. The summed E-state index contributed by atoms with van der Waals surface area (Å²) in [5, 5.41) is 5.75. The zero-order valence-electron chi connectivity index (χ0n) is 14.8. The number of hydrogen-bond donors (Lipinski definition) is 2. The van der Waals surface area contributed by atoms with Gasteiger partial charge in [0.05, 0.1) is 11.8 Å². The molecule has 0 fully saturated rings. The number of aryl methyl sites for hydroxylation is 1. The molecular formula is C20H24N2O2S. The third-order valence-corrected chi connectivity index (χ3v) is 4.82. The van der Waals surface area contributed by atoms with E-state index < -0.39 is 0 Å². The first-order chi connectivity index (χ1) is 12.0. The van der Waals surface area contributed by atoms with Crippen molar-refractivity contribution in [2.45, 2.75) is 38.1 Å². The average molecular weight is 356 g/mol. The molecule has 2 N–H and O–H groups in total. The zero-order chi connectivity index (χ0) is 18.2. The molecule has 25 heavy (non-hydrogen) atoms. The number of anilines is 1. The Labute approximate surface area is 153 Å².